The predicted octanol–water partition coefficient (Wildman–Crippen LogP) is 3.95. The van der Waals surface area contributed by atoms with Gasteiger partial charge in [0.2, 0.25) is 0 Å². The molecule has 3 rings (SSSR count). The molecule has 0 amide bonds. The minimum atomic E-state index is -0.394. The van der Waals surface area contributed by atoms with E-state index in [4.69, 9.17) is 10.00 Å². The van der Waals surface area contributed by atoms with E-state index in [0.29, 0.717) is 17.8 Å². The Morgan fingerprint density at radius 3 is 2.52 bits per heavy atom. The van der Waals surface area contributed by atoms with Crippen LogP contribution in [0.15, 0.2) is 42.5 Å². The predicted molar refractivity (Wildman–Crippen MR) is 96.1 cm³/mol. The minimum absolute atomic E-state index is 0.170. The fourth-order valence-electron chi connectivity index (χ4n) is 3.27. The van der Waals surface area contributed by atoms with Gasteiger partial charge in [0.15, 0.2) is 0 Å². The molecular weight excluding hydrogens is 317 g/mol. The highest BCUT2D eigenvalue weighted by Gasteiger charge is 2.23. The molecule has 1 heterocycles. The van der Waals surface area contributed by atoms with E-state index in [1.54, 1.807) is 19.2 Å². The van der Waals surface area contributed by atoms with Crippen LogP contribution in [0.2, 0.25) is 0 Å². The number of benzene rings is 2. The molecule has 1 aliphatic rings. The summed E-state index contributed by atoms with van der Waals surface area (Å²) in [7, 11) is 1.65. The van der Waals surface area contributed by atoms with Gasteiger partial charge in [0.1, 0.15) is 11.6 Å². The molecule has 2 aromatic carbocycles. The summed E-state index contributed by atoms with van der Waals surface area (Å²) in [6, 6.07) is 14.7. The minimum Gasteiger partial charge on any atom is -0.497 e. The van der Waals surface area contributed by atoms with Crippen LogP contribution >= 0.6 is 0 Å². The quantitative estimate of drug-likeness (QED) is 0.865. The van der Waals surface area contributed by atoms with E-state index in [9.17, 15) is 4.39 Å². The highest BCUT2D eigenvalue weighted by Crippen LogP contribution is 2.27. The second kappa shape index (κ2) is 8.00. The Morgan fingerprint density at radius 1 is 1.20 bits per heavy atom. The van der Waals surface area contributed by atoms with Crippen LogP contribution in [-0.4, -0.2) is 31.6 Å². The lowest BCUT2D eigenvalue weighted by molar-refractivity contribution is 0.255. The molecule has 0 aliphatic carbocycles. The number of nitrogens with zero attached hydrogens (tertiary/aromatic N) is 2. The third-order valence-corrected chi connectivity index (χ3v) is 4.67. The summed E-state index contributed by atoms with van der Waals surface area (Å²) in [5.41, 5.74) is 1.94. The van der Waals surface area contributed by atoms with Gasteiger partial charge in [-0.25, -0.2) is 4.39 Å². The number of rotatable bonds is 6. The van der Waals surface area contributed by atoms with E-state index in [0.717, 1.165) is 18.8 Å². The van der Waals surface area contributed by atoms with Crippen molar-refractivity contribution in [2.75, 3.05) is 32.1 Å². The lowest BCUT2D eigenvalue weighted by Gasteiger charge is -2.28. The second-order valence-electron chi connectivity index (χ2n) is 6.22. The molecule has 0 spiro atoms. The van der Waals surface area contributed by atoms with E-state index in [1.807, 2.05) is 18.2 Å². The van der Waals surface area contributed by atoms with Crippen LogP contribution in [0.25, 0.3) is 0 Å². The SMILES string of the molecule is COc1ccc(C(CNc2ccc(C#N)cc2F)N2CCCC2)cc1. The summed E-state index contributed by atoms with van der Waals surface area (Å²) in [5.74, 6) is 0.434. The van der Waals surface area contributed by atoms with E-state index in [2.05, 4.69) is 22.3 Å². The van der Waals surface area contributed by atoms with Crippen molar-refractivity contribution in [1.29, 1.82) is 5.26 Å². The number of nitriles is 1. The zero-order valence-electron chi connectivity index (χ0n) is 14.3. The Labute approximate surface area is 147 Å². The van der Waals surface area contributed by atoms with Gasteiger partial charge in [-0.3, -0.25) is 4.90 Å². The molecule has 1 saturated heterocycles. The van der Waals surface area contributed by atoms with E-state index in [1.165, 1.54) is 24.5 Å². The number of halogens is 1. The summed E-state index contributed by atoms with van der Waals surface area (Å²) in [4.78, 5) is 2.43. The van der Waals surface area contributed by atoms with Gasteiger partial charge < -0.3 is 10.1 Å². The molecule has 1 unspecified atom stereocenters. The second-order valence-corrected chi connectivity index (χ2v) is 6.22. The van der Waals surface area contributed by atoms with Gasteiger partial charge >= 0.3 is 0 Å². The summed E-state index contributed by atoms with van der Waals surface area (Å²) in [5, 5.41) is 12.1. The molecule has 1 aliphatic heterocycles. The molecule has 5 heteroatoms. The fourth-order valence-corrected chi connectivity index (χ4v) is 3.27. The number of ether oxygens (including phenoxy) is 1. The zero-order chi connectivity index (χ0) is 17.6. The molecule has 130 valence electrons. The lowest BCUT2D eigenvalue weighted by atomic mass is 10.0. The number of likely N-dealkylation sites (tertiary alicyclic amines) is 1. The molecule has 2 aromatic rings. The zero-order valence-corrected chi connectivity index (χ0v) is 14.3. The van der Waals surface area contributed by atoms with Crippen LogP contribution in [0, 0.1) is 17.1 Å². The van der Waals surface area contributed by atoms with Gasteiger partial charge in [-0.1, -0.05) is 12.1 Å². The van der Waals surface area contributed by atoms with Gasteiger partial charge in [0.05, 0.1) is 30.5 Å². The van der Waals surface area contributed by atoms with Crippen molar-refractivity contribution in [3.63, 3.8) is 0 Å². The van der Waals surface area contributed by atoms with Crippen molar-refractivity contribution >= 4 is 5.69 Å². The van der Waals surface area contributed by atoms with Crippen molar-refractivity contribution in [3.05, 3.63) is 59.4 Å². The number of hydrogen-bond acceptors (Lipinski definition) is 4. The number of methoxy groups -OCH3 is 1. The number of hydrogen-bond donors (Lipinski definition) is 1. The molecule has 0 radical (unpaired) electrons. The largest absolute Gasteiger partial charge is 0.497 e. The summed E-state index contributed by atoms with van der Waals surface area (Å²) >= 11 is 0. The number of nitrogens with one attached hydrogen (secondary N) is 1. The maximum absolute atomic E-state index is 14.1. The van der Waals surface area contributed by atoms with Crippen molar-refractivity contribution < 1.29 is 9.13 Å². The van der Waals surface area contributed by atoms with Crippen LogP contribution in [0.3, 0.4) is 0 Å². The summed E-state index contributed by atoms with van der Waals surface area (Å²) < 4.78 is 19.4. The normalized spacial score (nSPS) is 15.6. The molecule has 25 heavy (non-hydrogen) atoms. The topological polar surface area (TPSA) is 48.3 Å². The highest BCUT2D eigenvalue weighted by molar-refractivity contribution is 5.49. The average Bonchev–Trinajstić information content (AvgIpc) is 3.18. The van der Waals surface area contributed by atoms with Crippen LogP contribution in [0.5, 0.6) is 5.75 Å². The first-order valence-electron chi connectivity index (χ1n) is 8.53. The fraction of sp³-hybridized carbons (Fsp3) is 0.350. The van der Waals surface area contributed by atoms with E-state index in [-0.39, 0.29) is 6.04 Å². The van der Waals surface area contributed by atoms with Gasteiger partial charge in [-0.05, 0) is 61.8 Å². The van der Waals surface area contributed by atoms with Crippen molar-refractivity contribution in [2.45, 2.75) is 18.9 Å². The van der Waals surface area contributed by atoms with Gasteiger partial charge in [-0.15, -0.1) is 0 Å². The third kappa shape index (κ3) is 4.09. The first-order chi connectivity index (χ1) is 12.2. The van der Waals surface area contributed by atoms with Crippen LogP contribution in [0.4, 0.5) is 10.1 Å². The molecule has 1 fully saturated rings. The summed E-state index contributed by atoms with van der Waals surface area (Å²) in [6.07, 6.45) is 2.38. The molecule has 0 bridgehead atoms. The Bertz CT molecular complexity index is 749. The molecule has 0 saturated carbocycles. The van der Waals surface area contributed by atoms with Crippen LogP contribution in [0.1, 0.15) is 30.0 Å². The maximum Gasteiger partial charge on any atom is 0.147 e. The first kappa shape index (κ1) is 17.2. The van der Waals surface area contributed by atoms with Crippen molar-refractivity contribution in [2.24, 2.45) is 0 Å². The number of anilines is 1. The Balaban J connectivity index is 1.77. The van der Waals surface area contributed by atoms with Gasteiger partial charge in [0, 0.05) is 6.54 Å². The maximum atomic E-state index is 14.1. The molecular formula is C20H22FN3O. The highest BCUT2D eigenvalue weighted by atomic mass is 19.1. The third-order valence-electron chi connectivity index (χ3n) is 4.67. The monoisotopic (exact) mass is 339 g/mol. The van der Waals surface area contributed by atoms with E-state index < -0.39 is 5.82 Å². The van der Waals surface area contributed by atoms with E-state index >= 15 is 0 Å². The molecule has 1 atom stereocenters. The first-order valence-corrected chi connectivity index (χ1v) is 8.53. The lowest BCUT2D eigenvalue weighted by Crippen LogP contribution is -2.31. The Hall–Kier alpha value is -2.58. The van der Waals surface area contributed by atoms with Crippen molar-refractivity contribution in [3.8, 4) is 11.8 Å². The van der Waals surface area contributed by atoms with Gasteiger partial charge in [-0.2, -0.15) is 5.26 Å². The van der Waals surface area contributed by atoms with Crippen LogP contribution in [-0.2, 0) is 0 Å². The van der Waals surface area contributed by atoms with Gasteiger partial charge in [0.25, 0.3) is 0 Å². The standard InChI is InChI=1S/C20H22FN3O/c1-25-17-7-5-16(6-8-17)20(24-10-2-3-11-24)14-23-19-9-4-15(13-22)12-18(19)21/h4-9,12,20,23H,2-3,10-11,14H2,1H3. The average molecular weight is 339 g/mol. The molecule has 4 nitrogen and oxygen atoms in total. The molecule has 1 N–H and O–H groups in total. The van der Waals surface area contributed by atoms with Crippen LogP contribution < -0.4 is 10.1 Å². The Morgan fingerprint density at radius 2 is 1.92 bits per heavy atom. The summed E-state index contributed by atoms with van der Waals surface area (Å²) in [6.45, 7) is 2.71. The van der Waals surface area contributed by atoms with Crippen molar-refractivity contribution in [1.82, 2.24) is 4.90 Å². The molecule has 0 aromatic heterocycles. The smallest absolute Gasteiger partial charge is 0.147 e. The Kier molecular flexibility index (Phi) is 5.52.